The zero-order valence-electron chi connectivity index (χ0n) is 10.0. The molecule has 2 N–H and O–H groups in total. The average molecular weight is 236 g/mol. The van der Waals surface area contributed by atoms with E-state index >= 15 is 0 Å². The van der Waals surface area contributed by atoms with Crippen LogP contribution < -0.4 is 5.73 Å². The van der Waals surface area contributed by atoms with Gasteiger partial charge in [-0.1, -0.05) is 0 Å². The third kappa shape index (κ3) is 2.70. The van der Waals surface area contributed by atoms with Gasteiger partial charge in [-0.3, -0.25) is 4.90 Å². The molecule has 0 radical (unpaired) electrons. The fourth-order valence-electron chi connectivity index (χ4n) is 2.49. The number of hydrogen-bond acceptors (Lipinski definition) is 4. The normalized spacial score (nSPS) is 29.1. The van der Waals surface area contributed by atoms with E-state index in [4.69, 9.17) is 14.9 Å². The Labute approximate surface area is 102 Å². The molecule has 2 aliphatic rings. The van der Waals surface area contributed by atoms with Gasteiger partial charge in [-0.2, -0.15) is 0 Å². The van der Waals surface area contributed by atoms with Crippen LogP contribution in [0.1, 0.15) is 18.6 Å². The van der Waals surface area contributed by atoms with Crippen LogP contribution in [-0.2, 0) is 11.3 Å². The Hall–Kier alpha value is -0.840. The second-order valence-corrected chi connectivity index (χ2v) is 5.20. The topological polar surface area (TPSA) is 51.6 Å². The summed E-state index contributed by atoms with van der Waals surface area (Å²) in [5.74, 6) is 1.52. The van der Waals surface area contributed by atoms with E-state index in [0.717, 1.165) is 31.5 Å². The third-order valence-electron chi connectivity index (χ3n) is 3.72. The molecule has 4 heteroatoms. The van der Waals surface area contributed by atoms with Gasteiger partial charge in [-0.25, -0.2) is 0 Å². The lowest BCUT2D eigenvalue weighted by Crippen LogP contribution is -2.39. The Bertz CT molecular complexity index is 348. The van der Waals surface area contributed by atoms with Crippen LogP contribution in [-0.4, -0.2) is 36.7 Å². The second kappa shape index (κ2) is 4.80. The first-order chi connectivity index (χ1) is 8.33. The lowest BCUT2D eigenvalue weighted by atomic mass is 10.0. The highest BCUT2D eigenvalue weighted by Crippen LogP contribution is 2.30. The van der Waals surface area contributed by atoms with Crippen molar-refractivity contribution in [2.24, 2.45) is 11.7 Å². The molecule has 1 aromatic heterocycles. The molecular weight excluding hydrogens is 216 g/mol. The standard InChI is InChI=1S/C13H20N2O2/c14-13-9-16-8-10(13)6-15(11-3-4-11)7-12-2-1-5-17-12/h1-2,5,10-11,13H,3-4,6-9,14H2. The van der Waals surface area contributed by atoms with Crippen LogP contribution in [0, 0.1) is 5.92 Å². The third-order valence-corrected chi connectivity index (χ3v) is 3.72. The first-order valence-corrected chi connectivity index (χ1v) is 6.42. The van der Waals surface area contributed by atoms with Crippen molar-refractivity contribution >= 4 is 0 Å². The first-order valence-electron chi connectivity index (χ1n) is 6.42. The predicted octanol–water partition coefficient (Wildman–Crippen LogP) is 1.22. The van der Waals surface area contributed by atoms with Gasteiger partial charge in [0.05, 0.1) is 26.0 Å². The molecule has 2 unspecified atom stereocenters. The Morgan fingerprint density at radius 1 is 1.35 bits per heavy atom. The Balaban J connectivity index is 1.60. The fourth-order valence-corrected chi connectivity index (χ4v) is 2.49. The van der Waals surface area contributed by atoms with Gasteiger partial charge >= 0.3 is 0 Å². The maximum absolute atomic E-state index is 6.05. The smallest absolute Gasteiger partial charge is 0.117 e. The van der Waals surface area contributed by atoms with E-state index < -0.39 is 0 Å². The summed E-state index contributed by atoms with van der Waals surface area (Å²) in [5.41, 5.74) is 6.05. The van der Waals surface area contributed by atoms with Crippen LogP contribution in [0.2, 0.25) is 0 Å². The van der Waals surface area contributed by atoms with Crippen molar-refractivity contribution in [1.29, 1.82) is 0 Å². The summed E-state index contributed by atoms with van der Waals surface area (Å²) in [6, 6.07) is 4.92. The van der Waals surface area contributed by atoms with Gasteiger partial charge in [-0.15, -0.1) is 0 Å². The van der Waals surface area contributed by atoms with Gasteiger partial charge < -0.3 is 14.9 Å². The molecule has 1 aliphatic carbocycles. The minimum Gasteiger partial charge on any atom is -0.468 e. The van der Waals surface area contributed by atoms with Crippen LogP contribution in [0.15, 0.2) is 22.8 Å². The molecule has 1 saturated heterocycles. The summed E-state index contributed by atoms with van der Waals surface area (Å²) in [6.07, 6.45) is 4.36. The maximum atomic E-state index is 6.05. The van der Waals surface area contributed by atoms with Gasteiger partial charge in [-0.05, 0) is 25.0 Å². The number of nitrogens with two attached hydrogens (primary N) is 1. The van der Waals surface area contributed by atoms with Crippen LogP contribution in [0.3, 0.4) is 0 Å². The molecule has 2 atom stereocenters. The molecular formula is C13H20N2O2. The minimum atomic E-state index is 0.202. The number of nitrogens with zero attached hydrogens (tertiary/aromatic N) is 1. The highest BCUT2D eigenvalue weighted by Gasteiger charge is 2.34. The van der Waals surface area contributed by atoms with Gasteiger partial charge in [0, 0.05) is 24.5 Å². The Kier molecular flexibility index (Phi) is 3.18. The number of rotatable bonds is 5. The van der Waals surface area contributed by atoms with E-state index in [1.165, 1.54) is 12.8 Å². The van der Waals surface area contributed by atoms with Crippen LogP contribution in [0.5, 0.6) is 0 Å². The van der Waals surface area contributed by atoms with E-state index in [1.54, 1.807) is 6.26 Å². The predicted molar refractivity (Wildman–Crippen MR) is 64.4 cm³/mol. The van der Waals surface area contributed by atoms with Crippen LogP contribution in [0.25, 0.3) is 0 Å². The zero-order chi connectivity index (χ0) is 11.7. The minimum absolute atomic E-state index is 0.202. The van der Waals surface area contributed by atoms with Crippen molar-refractivity contribution in [2.75, 3.05) is 19.8 Å². The molecule has 0 amide bonds. The van der Waals surface area contributed by atoms with Crippen molar-refractivity contribution in [3.63, 3.8) is 0 Å². The van der Waals surface area contributed by atoms with Crippen molar-refractivity contribution in [3.8, 4) is 0 Å². The summed E-state index contributed by atoms with van der Waals surface area (Å²) < 4.78 is 10.9. The highest BCUT2D eigenvalue weighted by atomic mass is 16.5. The number of hydrogen-bond donors (Lipinski definition) is 1. The fraction of sp³-hybridized carbons (Fsp3) is 0.692. The van der Waals surface area contributed by atoms with E-state index in [9.17, 15) is 0 Å². The SMILES string of the molecule is NC1COCC1CN(Cc1ccco1)C1CC1. The summed E-state index contributed by atoms with van der Waals surface area (Å²) in [4.78, 5) is 2.50. The number of ether oxygens (including phenoxy) is 1. The lowest BCUT2D eigenvalue weighted by molar-refractivity contribution is 0.157. The summed E-state index contributed by atoms with van der Waals surface area (Å²) >= 11 is 0. The van der Waals surface area contributed by atoms with Crippen LogP contribution in [0.4, 0.5) is 0 Å². The molecule has 3 rings (SSSR count). The van der Waals surface area contributed by atoms with E-state index in [2.05, 4.69) is 4.90 Å². The number of furan rings is 1. The molecule has 1 aromatic rings. The largest absolute Gasteiger partial charge is 0.468 e. The van der Waals surface area contributed by atoms with Gasteiger partial charge in [0.15, 0.2) is 0 Å². The first kappa shape index (κ1) is 11.3. The van der Waals surface area contributed by atoms with Gasteiger partial charge in [0.2, 0.25) is 0 Å². The summed E-state index contributed by atoms with van der Waals surface area (Å²) in [6.45, 7) is 3.46. The van der Waals surface area contributed by atoms with Crippen molar-refractivity contribution < 1.29 is 9.15 Å². The van der Waals surface area contributed by atoms with E-state index in [-0.39, 0.29) is 6.04 Å². The van der Waals surface area contributed by atoms with Crippen LogP contribution >= 0.6 is 0 Å². The van der Waals surface area contributed by atoms with E-state index in [0.29, 0.717) is 12.5 Å². The molecule has 0 aromatic carbocycles. The second-order valence-electron chi connectivity index (χ2n) is 5.20. The molecule has 2 heterocycles. The van der Waals surface area contributed by atoms with Crippen molar-refractivity contribution in [2.45, 2.75) is 31.5 Å². The molecule has 0 spiro atoms. The van der Waals surface area contributed by atoms with Crippen molar-refractivity contribution in [3.05, 3.63) is 24.2 Å². The highest BCUT2D eigenvalue weighted by molar-refractivity contribution is 5.00. The molecule has 2 fully saturated rings. The molecule has 4 nitrogen and oxygen atoms in total. The maximum Gasteiger partial charge on any atom is 0.117 e. The molecule has 1 saturated carbocycles. The van der Waals surface area contributed by atoms with Gasteiger partial charge in [0.25, 0.3) is 0 Å². The molecule has 1 aliphatic heterocycles. The summed E-state index contributed by atoms with van der Waals surface area (Å²) in [7, 11) is 0. The Morgan fingerprint density at radius 3 is 2.82 bits per heavy atom. The average Bonchev–Trinajstić information content (AvgIpc) is 2.91. The summed E-state index contributed by atoms with van der Waals surface area (Å²) in [5, 5.41) is 0. The van der Waals surface area contributed by atoms with Crippen molar-refractivity contribution in [1.82, 2.24) is 4.90 Å². The van der Waals surface area contributed by atoms with Gasteiger partial charge in [0.1, 0.15) is 5.76 Å². The molecule has 94 valence electrons. The molecule has 0 bridgehead atoms. The monoisotopic (exact) mass is 236 g/mol. The Morgan fingerprint density at radius 2 is 2.24 bits per heavy atom. The zero-order valence-corrected chi connectivity index (χ0v) is 10.0. The van der Waals surface area contributed by atoms with E-state index in [1.807, 2.05) is 12.1 Å². The molecule has 17 heavy (non-hydrogen) atoms. The quantitative estimate of drug-likeness (QED) is 0.835. The lowest BCUT2D eigenvalue weighted by Gasteiger charge is -2.25.